The van der Waals surface area contributed by atoms with Gasteiger partial charge in [-0.1, -0.05) is 6.92 Å². The summed E-state index contributed by atoms with van der Waals surface area (Å²) >= 11 is 0. The van der Waals surface area contributed by atoms with Crippen LogP contribution in [-0.4, -0.2) is 33.6 Å². The number of carbonyl (C=O) groups is 1. The maximum atomic E-state index is 12.4. The Morgan fingerprint density at radius 3 is 2.82 bits per heavy atom. The van der Waals surface area contributed by atoms with Gasteiger partial charge in [-0.3, -0.25) is 9.89 Å². The summed E-state index contributed by atoms with van der Waals surface area (Å²) in [7, 11) is 0. The zero-order valence-corrected chi connectivity index (χ0v) is 10.9. The number of likely N-dealkylation sites (tertiary alicyclic amines) is 1. The lowest BCUT2D eigenvalue weighted by molar-refractivity contribution is 0.0601. The molecule has 1 amide bonds. The van der Waals surface area contributed by atoms with E-state index in [1.54, 1.807) is 0 Å². The van der Waals surface area contributed by atoms with Crippen molar-refractivity contribution < 1.29 is 4.79 Å². The van der Waals surface area contributed by atoms with Gasteiger partial charge in [-0.25, -0.2) is 0 Å². The molecule has 4 nitrogen and oxygen atoms in total. The molecule has 17 heavy (non-hydrogen) atoms. The van der Waals surface area contributed by atoms with Crippen molar-refractivity contribution in [2.24, 2.45) is 0 Å². The number of hydrogen-bond acceptors (Lipinski definition) is 2. The van der Waals surface area contributed by atoms with E-state index in [2.05, 4.69) is 17.1 Å². The van der Waals surface area contributed by atoms with Crippen molar-refractivity contribution >= 4 is 5.91 Å². The molecule has 1 atom stereocenters. The number of piperidine rings is 1. The largest absolute Gasteiger partial charge is 0.334 e. The van der Waals surface area contributed by atoms with Crippen molar-refractivity contribution in [3.63, 3.8) is 0 Å². The first-order chi connectivity index (χ1) is 8.15. The summed E-state index contributed by atoms with van der Waals surface area (Å²) in [4.78, 5) is 14.5. The topological polar surface area (TPSA) is 49.0 Å². The number of carbonyl (C=O) groups excluding carboxylic acids is 1. The predicted octanol–water partition coefficient (Wildman–Crippen LogP) is 2.43. The lowest BCUT2D eigenvalue weighted by atomic mass is 9.99. The Kier molecular flexibility index (Phi) is 3.50. The summed E-state index contributed by atoms with van der Waals surface area (Å²) in [5, 5.41) is 7.04. The third kappa shape index (κ3) is 2.21. The maximum Gasteiger partial charge on any atom is 0.274 e. The Morgan fingerprint density at radius 2 is 2.24 bits per heavy atom. The van der Waals surface area contributed by atoms with Gasteiger partial charge in [0.15, 0.2) is 5.69 Å². The molecular formula is C13H21N3O. The second kappa shape index (κ2) is 4.90. The molecule has 1 saturated heterocycles. The van der Waals surface area contributed by atoms with E-state index in [1.165, 1.54) is 6.42 Å². The summed E-state index contributed by atoms with van der Waals surface area (Å²) in [5.41, 5.74) is 2.57. The lowest BCUT2D eigenvalue weighted by Gasteiger charge is -2.34. The average Bonchev–Trinajstić information content (AvgIpc) is 2.69. The molecule has 2 heterocycles. The van der Waals surface area contributed by atoms with Crippen molar-refractivity contribution in [3.05, 3.63) is 17.0 Å². The van der Waals surface area contributed by atoms with Gasteiger partial charge in [-0.05, 0) is 39.5 Å². The lowest BCUT2D eigenvalue weighted by Crippen LogP contribution is -2.43. The van der Waals surface area contributed by atoms with Crippen molar-refractivity contribution in [1.82, 2.24) is 15.1 Å². The van der Waals surface area contributed by atoms with E-state index in [-0.39, 0.29) is 5.91 Å². The van der Waals surface area contributed by atoms with E-state index >= 15 is 0 Å². The molecule has 1 N–H and O–H groups in total. The molecule has 1 fully saturated rings. The zero-order valence-electron chi connectivity index (χ0n) is 10.9. The number of nitrogens with zero attached hydrogens (tertiary/aromatic N) is 2. The minimum Gasteiger partial charge on any atom is -0.334 e. The Labute approximate surface area is 102 Å². The van der Waals surface area contributed by atoms with Crippen LogP contribution in [-0.2, 0) is 0 Å². The first-order valence-electron chi connectivity index (χ1n) is 6.47. The Morgan fingerprint density at radius 1 is 1.47 bits per heavy atom. The average molecular weight is 235 g/mol. The molecule has 0 aromatic carbocycles. The van der Waals surface area contributed by atoms with Crippen molar-refractivity contribution in [1.29, 1.82) is 0 Å². The Hall–Kier alpha value is -1.32. The van der Waals surface area contributed by atoms with Gasteiger partial charge in [-0.2, -0.15) is 5.10 Å². The number of aromatic amines is 1. The fraction of sp³-hybridized carbons (Fsp3) is 0.692. The van der Waals surface area contributed by atoms with E-state index in [0.717, 1.165) is 37.1 Å². The van der Waals surface area contributed by atoms with Crippen LogP contribution in [0.3, 0.4) is 0 Å². The minimum atomic E-state index is 0.0957. The number of rotatable bonds is 2. The highest BCUT2D eigenvalue weighted by molar-refractivity contribution is 5.94. The number of aryl methyl sites for hydroxylation is 1. The third-order valence-corrected chi connectivity index (χ3v) is 3.81. The van der Waals surface area contributed by atoms with Crippen LogP contribution in [0.2, 0.25) is 0 Å². The van der Waals surface area contributed by atoms with Gasteiger partial charge in [0, 0.05) is 23.8 Å². The highest BCUT2D eigenvalue weighted by atomic mass is 16.2. The fourth-order valence-corrected chi connectivity index (χ4v) is 2.52. The molecule has 2 rings (SSSR count). The van der Waals surface area contributed by atoms with Gasteiger partial charge in [0.05, 0.1) is 0 Å². The van der Waals surface area contributed by atoms with Crippen LogP contribution < -0.4 is 0 Å². The van der Waals surface area contributed by atoms with Gasteiger partial charge in [-0.15, -0.1) is 0 Å². The SMILES string of the molecule is CCC1CCCCN1C(=O)c1n[nH]c(C)c1C. The summed E-state index contributed by atoms with van der Waals surface area (Å²) < 4.78 is 0. The molecule has 1 unspecified atom stereocenters. The second-order valence-corrected chi connectivity index (χ2v) is 4.88. The molecule has 1 aliphatic heterocycles. The quantitative estimate of drug-likeness (QED) is 0.856. The normalized spacial score (nSPS) is 20.6. The van der Waals surface area contributed by atoms with E-state index < -0.39 is 0 Å². The summed E-state index contributed by atoms with van der Waals surface area (Å²) in [5.74, 6) is 0.0957. The number of H-pyrrole nitrogens is 1. The van der Waals surface area contributed by atoms with Crippen molar-refractivity contribution in [2.45, 2.75) is 52.5 Å². The van der Waals surface area contributed by atoms with Crippen LogP contribution in [0.4, 0.5) is 0 Å². The van der Waals surface area contributed by atoms with Crippen molar-refractivity contribution in [3.8, 4) is 0 Å². The molecule has 0 radical (unpaired) electrons. The molecule has 0 aliphatic carbocycles. The third-order valence-electron chi connectivity index (χ3n) is 3.81. The molecule has 1 aliphatic rings. The van der Waals surface area contributed by atoms with Crippen LogP contribution >= 0.6 is 0 Å². The predicted molar refractivity (Wildman–Crippen MR) is 67.0 cm³/mol. The standard InChI is InChI=1S/C13H21N3O/c1-4-11-7-5-6-8-16(11)13(17)12-9(2)10(3)14-15-12/h11H,4-8H2,1-3H3,(H,14,15). The number of nitrogens with one attached hydrogen (secondary N) is 1. The fourth-order valence-electron chi connectivity index (χ4n) is 2.52. The minimum absolute atomic E-state index is 0.0957. The monoisotopic (exact) mass is 235 g/mol. The molecular weight excluding hydrogens is 214 g/mol. The molecule has 1 aromatic rings. The van der Waals surface area contributed by atoms with E-state index in [9.17, 15) is 4.79 Å². The molecule has 1 aromatic heterocycles. The zero-order chi connectivity index (χ0) is 12.4. The van der Waals surface area contributed by atoms with Crippen molar-refractivity contribution in [2.75, 3.05) is 6.54 Å². The summed E-state index contributed by atoms with van der Waals surface area (Å²) in [6, 6.07) is 0.396. The number of aromatic nitrogens is 2. The van der Waals surface area contributed by atoms with Gasteiger partial charge >= 0.3 is 0 Å². The molecule has 0 bridgehead atoms. The Bertz CT molecular complexity index is 411. The van der Waals surface area contributed by atoms with Gasteiger partial charge in [0.1, 0.15) is 0 Å². The molecule has 94 valence electrons. The smallest absolute Gasteiger partial charge is 0.274 e. The molecule has 4 heteroatoms. The van der Waals surface area contributed by atoms with Crippen LogP contribution in [0.15, 0.2) is 0 Å². The van der Waals surface area contributed by atoms with Crippen LogP contribution in [0.1, 0.15) is 54.4 Å². The van der Waals surface area contributed by atoms with E-state index in [1.807, 2.05) is 18.7 Å². The molecule has 0 saturated carbocycles. The second-order valence-electron chi connectivity index (χ2n) is 4.88. The van der Waals surface area contributed by atoms with Gasteiger partial charge in [0.2, 0.25) is 0 Å². The summed E-state index contributed by atoms with van der Waals surface area (Å²) in [6.45, 7) is 6.94. The Balaban J connectivity index is 2.21. The first-order valence-corrected chi connectivity index (χ1v) is 6.47. The summed E-state index contributed by atoms with van der Waals surface area (Å²) in [6.07, 6.45) is 4.52. The molecule has 0 spiro atoms. The first kappa shape index (κ1) is 12.1. The van der Waals surface area contributed by atoms with Crippen LogP contribution in [0, 0.1) is 13.8 Å². The number of amides is 1. The van der Waals surface area contributed by atoms with Crippen LogP contribution in [0.5, 0.6) is 0 Å². The number of hydrogen-bond donors (Lipinski definition) is 1. The highest BCUT2D eigenvalue weighted by Gasteiger charge is 2.28. The van der Waals surface area contributed by atoms with Crippen LogP contribution in [0.25, 0.3) is 0 Å². The highest BCUT2D eigenvalue weighted by Crippen LogP contribution is 2.22. The maximum absolute atomic E-state index is 12.4. The van der Waals surface area contributed by atoms with Gasteiger partial charge < -0.3 is 4.90 Å². The van der Waals surface area contributed by atoms with E-state index in [0.29, 0.717) is 11.7 Å². The van der Waals surface area contributed by atoms with Gasteiger partial charge in [0.25, 0.3) is 5.91 Å². The van der Waals surface area contributed by atoms with E-state index in [4.69, 9.17) is 0 Å².